The van der Waals surface area contributed by atoms with Crippen molar-refractivity contribution in [2.45, 2.75) is 52.0 Å². The van der Waals surface area contributed by atoms with Gasteiger partial charge in [0.2, 0.25) is 0 Å². The molecule has 0 amide bonds. The maximum atomic E-state index is 11.1. The summed E-state index contributed by atoms with van der Waals surface area (Å²) in [5.74, 6) is 1.13. The van der Waals surface area contributed by atoms with Gasteiger partial charge < -0.3 is 9.64 Å². The molecule has 1 unspecified atom stereocenters. The lowest BCUT2D eigenvalue weighted by atomic mass is 9.79. The number of ether oxygens (including phenoxy) is 1. The molecule has 2 aromatic rings. The summed E-state index contributed by atoms with van der Waals surface area (Å²) in [6.07, 6.45) is 3.83. The highest BCUT2D eigenvalue weighted by Gasteiger charge is 2.36. The first kappa shape index (κ1) is 22.1. The van der Waals surface area contributed by atoms with Gasteiger partial charge in [0.25, 0.3) is 5.69 Å². The van der Waals surface area contributed by atoms with E-state index in [1.54, 1.807) is 19.4 Å². The summed E-state index contributed by atoms with van der Waals surface area (Å²) in [6.45, 7) is 10.0. The molecule has 0 spiro atoms. The molecule has 1 aliphatic heterocycles. The number of hydrogen-bond acceptors (Lipinski definition) is 5. The topological polar surface area (TPSA) is 68.0 Å². The molecule has 0 N–H and O–H groups in total. The van der Waals surface area contributed by atoms with Crippen molar-refractivity contribution in [3.05, 3.63) is 56.6 Å². The van der Waals surface area contributed by atoms with Gasteiger partial charge in [-0.15, -0.1) is 0 Å². The lowest BCUT2D eigenvalue weighted by Gasteiger charge is -2.47. The van der Waals surface area contributed by atoms with Crippen molar-refractivity contribution in [3.8, 4) is 5.75 Å². The highest BCUT2D eigenvalue weighted by atomic mass is 35.5. The molecule has 160 valence electrons. The molecular weight excluding hydrogens is 402 g/mol. The Morgan fingerprint density at radius 1 is 1.37 bits per heavy atom. The molecule has 0 fully saturated rings. The van der Waals surface area contributed by atoms with Crippen LogP contribution in [0.2, 0.25) is 5.02 Å². The molecule has 7 heteroatoms. The van der Waals surface area contributed by atoms with Crippen molar-refractivity contribution >= 4 is 34.9 Å². The van der Waals surface area contributed by atoms with Gasteiger partial charge in [-0.2, -0.15) is 0 Å². The first-order chi connectivity index (χ1) is 14.2. The van der Waals surface area contributed by atoms with Gasteiger partial charge in [0, 0.05) is 41.7 Å². The van der Waals surface area contributed by atoms with E-state index in [9.17, 15) is 10.1 Å². The summed E-state index contributed by atoms with van der Waals surface area (Å²) in [5, 5.41) is 11.2. The Hall–Kier alpha value is -2.60. The van der Waals surface area contributed by atoms with Gasteiger partial charge in [-0.25, -0.2) is 0 Å². The molecule has 1 atom stereocenters. The van der Waals surface area contributed by atoms with E-state index in [2.05, 4.69) is 49.7 Å². The van der Waals surface area contributed by atoms with E-state index in [-0.39, 0.29) is 16.2 Å². The molecule has 0 bridgehead atoms. The Morgan fingerprint density at radius 3 is 2.73 bits per heavy atom. The van der Waals surface area contributed by atoms with E-state index in [1.807, 2.05) is 0 Å². The minimum absolute atomic E-state index is 0.0747. The largest absolute Gasteiger partial charge is 0.496 e. The lowest BCUT2D eigenvalue weighted by Crippen LogP contribution is -2.48. The maximum Gasteiger partial charge on any atom is 0.290 e. The highest BCUT2D eigenvalue weighted by molar-refractivity contribution is 6.32. The minimum atomic E-state index is -0.507. The average Bonchev–Trinajstić information content (AvgIpc) is 2.69. The number of methoxy groups -OCH3 is 1. The van der Waals surface area contributed by atoms with Crippen molar-refractivity contribution in [1.29, 1.82) is 0 Å². The van der Waals surface area contributed by atoms with Gasteiger partial charge in [0.05, 0.1) is 17.7 Å². The van der Waals surface area contributed by atoms with Crippen LogP contribution in [0.15, 0.2) is 35.3 Å². The van der Waals surface area contributed by atoms with Crippen LogP contribution < -0.4 is 9.64 Å². The average molecular weight is 430 g/mol. The molecule has 1 heterocycles. The second kappa shape index (κ2) is 8.64. The summed E-state index contributed by atoms with van der Waals surface area (Å²) >= 11 is 5.90. The second-order valence-corrected chi connectivity index (χ2v) is 8.78. The lowest BCUT2D eigenvalue weighted by molar-refractivity contribution is -0.384. The number of halogens is 1. The number of benzene rings is 2. The zero-order chi connectivity index (χ0) is 22.1. The van der Waals surface area contributed by atoms with E-state index >= 15 is 0 Å². The third-order valence-corrected chi connectivity index (χ3v) is 5.98. The van der Waals surface area contributed by atoms with Crippen LogP contribution in [0.5, 0.6) is 5.75 Å². The number of rotatable bonds is 6. The number of anilines is 1. The van der Waals surface area contributed by atoms with Crippen LogP contribution in [-0.2, 0) is 0 Å². The van der Waals surface area contributed by atoms with Crippen molar-refractivity contribution in [2.75, 3.05) is 18.6 Å². The smallest absolute Gasteiger partial charge is 0.290 e. The number of nitrogens with zero attached hydrogens (tertiary/aromatic N) is 3. The molecule has 30 heavy (non-hydrogen) atoms. The molecule has 0 aliphatic carbocycles. The van der Waals surface area contributed by atoms with Crippen molar-refractivity contribution in [2.24, 2.45) is 4.99 Å². The maximum absolute atomic E-state index is 11.1. The van der Waals surface area contributed by atoms with Crippen LogP contribution in [0.3, 0.4) is 0 Å². The molecule has 0 saturated carbocycles. The normalized spacial score (nSPS) is 17.8. The van der Waals surface area contributed by atoms with Gasteiger partial charge in [-0.3, -0.25) is 15.1 Å². The van der Waals surface area contributed by atoms with E-state index in [1.165, 1.54) is 23.4 Å². The molecule has 3 rings (SSSR count). The quantitative estimate of drug-likeness (QED) is 0.298. The van der Waals surface area contributed by atoms with Crippen molar-refractivity contribution < 1.29 is 9.66 Å². The SMILES string of the molecule is CCCN1c2cc(OC)c(C=Nc3ccc(Cl)c([N+](=O)[O-])c3)cc2C(C)CC1(C)C. The van der Waals surface area contributed by atoms with Crippen LogP contribution in [0.1, 0.15) is 57.6 Å². The summed E-state index contributed by atoms with van der Waals surface area (Å²) in [6, 6.07) is 8.74. The van der Waals surface area contributed by atoms with E-state index in [0.717, 1.165) is 30.7 Å². The Balaban J connectivity index is 2.03. The van der Waals surface area contributed by atoms with E-state index in [4.69, 9.17) is 16.3 Å². The number of aliphatic imine (C=N–C) groups is 1. The summed E-state index contributed by atoms with van der Waals surface area (Å²) in [5.41, 5.74) is 3.70. The van der Waals surface area contributed by atoms with Crippen molar-refractivity contribution in [3.63, 3.8) is 0 Å². The number of hydrogen-bond donors (Lipinski definition) is 0. The number of nitro groups is 1. The molecule has 0 radical (unpaired) electrons. The third kappa shape index (κ3) is 4.29. The highest BCUT2D eigenvalue weighted by Crippen LogP contribution is 2.45. The zero-order valence-corrected chi connectivity index (χ0v) is 18.9. The van der Waals surface area contributed by atoms with Gasteiger partial charge in [-0.1, -0.05) is 25.4 Å². The monoisotopic (exact) mass is 429 g/mol. The van der Waals surface area contributed by atoms with Gasteiger partial charge in [-0.05, 0) is 56.4 Å². The van der Waals surface area contributed by atoms with Crippen LogP contribution in [0.25, 0.3) is 0 Å². The first-order valence-electron chi connectivity index (χ1n) is 10.2. The Morgan fingerprint density at radius 2 is 2.10 bits per heavy atom. The fourth-order valence-corrected chi connectivity index (χ4v) is 4.50. The third-order valence-electron chi connectivity index (χ3n) is 5.66. The molecule has 6 nitrogen and oxygen atoms in total. The van der Waals surface area contributed by atoms with Crippen LogP contribution in [0.4, 0.5) is 17.1 Å². The molecular formula is C23H28ClN3O3. The van der Waals surface area contributed by atoms with E-state index < -0.39 is 4.92 Å². The second-order valence-electron chi connectivity index (χ2n) is 8.37. The van der Waals surface area contributed by atoms with Crippen LogP contribution in [0, 0.1) is 10.1 Å². The molecule has 0 saturated heterocycles. The molecule has 1 aliphatic rings. The number of fused-ring (bicyclic) bond motifs is 1. The standard InChI is InChI=1S/C23H28ClN3O3/c1-6-9-26-20-12-22(30-5)16(10-18(20)15(2)13-23(26,3)4)14-25-17-7-8-19(24)21(11-17)27(28)29/h7-8,10-12,14-15H,6,9,13H2,1-5H3. The van der Waals surface area contributed by atoms with Gasteiger partial charge in [0.15, 0.2) is 0 Å². The predicted octanol–water partition coefficient (Wildman–Crippen LogP) is 6.51. The molecule has 2 aromatic carbocycles. The first-order valence-corrected chi connectivity index (χ1v) is 10.5. The van der Waals surface area contributed by atoms with Gasteiger partial charge in [0.1, 0.15) is 10.8 Å². The van der Waals surface area contributed by atoms with Crippen molar-refractivity contribution in [1.82, 2.24) is 0 Å². The van der Waals surface area contributed by atoms with E-state index in [0.29, 0.717) is 11.6 Å². The van der Waals surface area contributed by atoms with Crippen LogP contribution in [-0.4, -0.2) is 30.3 Å². The fraction of sp³-hybridized carbons (Fsp3) is 0.435. The Kier molecular flexibility index (Phi) is 6.36. The van der Waals surface area contributed by atoms with Crippen LogP contribution >= 0.6 is 11.6 Å². The zero-order valence-electron chi connectivity index (χ0n) is 18.1. The molecule has 0 aromatic heterocycles. The minimum Gasteiger partial charge on any atom is -0.496 e. The summed E-state index contributed by atoms with van der Waals surface area (Å²) in [4.78, 5) is 17.5. The summed E-state index contributed by atoms with van der Waals surface area (Å²) in [7, 11) is 1.65. The Bertz CT molecular complexity index is 988. The number of nitro benzene ring substituents is 1. The fourth-order valence-electron chi connectivity index (χ4n) is 4.32. The predicted molar refractivity (Wildman–Crippen MR) is 123 cm³/mol. The van der Waals surface area contributed by atoms with Gasteiger partial charge >= 0.3 is 0 Å². The summed E-state index contributed by atoms with van der Waals surface area (Å²) < 4.78 is 5.66. The Labute approximate surface area is 182 Å².